The highest BCUT2D eigenvalue weighted by Crippen LogP contribution is 2.14. The fraction of sp³-hybridized carbons (Fsp3) is 0.250. The van der Waals surface area contributed by atoms with Crippen LogP contribution in [0.3, 0.4) is 0 Å². The number of benzene rings is 1. The van der Waals surface area contributed by atoms with Crippen LogP contribution >= 0.6 is 12.2 Å². The molecule has 1 heterocycles. The van der Waals surface area contributed by atoms with E-state index in [4.69, 9.17) is 22.4 Å². The molecule has 0 aliphatic carbocycles. The maximum atomic E-state index is 12.5. The number of nitrogens with zero attached hydrogens (tertiary/aromatic N) is 1. The number of rotatable bonds is 6. The van der Waals surface area contributed by atoms with Crippen LogP contribution in [0.1, 0.15) is 11.3 Å². The summed E-state index contributed by atoms with van der Waals surface area (Å²) in [6, 6.07) is 13.4. The Balaban J connectivity index is 2.06. The monoisotopic (exact) mass is 302 g/mol. The topological polar surface area (TPSA) is 59.5 Å². The largest absolute Gasteiger partial charge is 0.467 e. The van der Waals surface area contributed by atoms with Crippen LogP contribution < -0.4 is 5.73 Å². The van der Waals surface area contributed by atoms with Crippen molar-refractivity contribution in [3.05, 3.63) is 60.1 Å². The number of carbonyl (C=O) groups excluding carboxylic acids is 1. The van der Waals surface area contributed by atoms with Crippen molar-refractivity contribution in [3.63, 3.8) is 0 Å². The SMILES string of the molecule is CN(Cc1ccco1)C(=O)C(Cc1ccccc1)C(N)=S. The molecule has 0 aliphatic heterocycles. The molecule has 0 bridgehead atoms. The van der Waals surface area contributed by atoms with E-state index in [9.17, 15) is 4.79 Å². The van der Waals surface area contributed by atoms with E-state index in [-0.39, 0.29) is 10.9 Å². The van der Waals surface area contributed by atoms with Crippen molar-refractivity contribution in [1.29, 1.82) is 0 Å². The van der Waals surface area contributed by atoms with Crippen LogP contribution in [0.5, 0.6) is 0 Å². The number of thiocarbonyl (C=S) groups is 1. The molecular formula is C16H18N2O2S. The number of furan rings is 1. The van der Waals surface area contributed by atoms with Gasteiger partial charge in [-0.3, -0.25) is 4.79 Å². The molecule has 1 unspecified atom stereocenters. The van der Waals surface area contributed by atoms with Crippen LogP contribution in [-0.4, -0.2) is 22.8 Å². The van der Waals surface area contributed by atoms with Crippen molar-refractivity contribution < 1.29 is 9.21 Å². The molecular weight excluding hydrogens is 284 g/mol. The van der Waals surface area contributed by atoms with Crippen LogP contribution in [0, 0.1) is 5.92 Å². The Morgan fingerprint density at radius 3 is 2.57 bits per heavy atom. The third-order valence-corrected chi connectivity index (χ3v) is 3.56. The minimum Gasteiger partial charge on any atom is -0.467 e. The zero-order chi connectivity index (χ0) is 15.2. The standard InChI is InChI=1S/C16H18N2O2S/c1-18(11-13-8-5-9-20-13)16(19)14(15(17)21)10-12-6-3-2-4-7-12/h2-9,14H,10-11H2,1H3,(H2,17,21). The molecule has 0 spiro atoms. The Hall–Kier alpha value is -2.14. The second kappa shape index (κ2) is 7.04. The molecule has 2 rings (SSSR count). The molecule has 21 heavy (non-hydrogen) atoms. The number of nitrogens with two attached hydrogens (primary N) is 1. The third-order valence-electron chi connectivity index (χ3n) is 3.27. The highest BCUT2D eigenvalue weighted by molar-refractivity contribution is 7.80. The fourth-order valence-corrected chi connectivity index (χ4v) is 2.32. The summed E-state index contributed by atoms with van der Waals surface area (Å²) >= 11 is 5.07. The molecule has 2 N–H and O–H groups in total. The van der Waals surface area contributed by atoms with E-state index in [1.807, 2.05) is 36.4 Å². The molecule has 0 aliphatic rings. The fourth-order valence-electron chi connectivity index (χ4n) is 2.14. The van der Waals surface area contributed by atoms with E-state index in [0.717, 1.165) is 11.3 Å². The zero-order valence-electron chi connectivity index (χ0n) is 11.9. The van der Waals surface area contributed by atoms with Gasteiger partial charge in [0.1, 0.15) is 5.76 Å². The minimum atomic E-state index is -0.498. The molecule has 1 aromatic heterocycles. The summed E-state index contributed by atoms with van der Waals surface area (Å²) in [5.41, 5.74) is 6.79. The summed E-state index contributed by atoms with van der Waals surface area (Å²) in [6.45, 7) is 0.403. The maximum absolute atomic E-state index is 12.5. The van der Waals surface area contributed by atoms with Crippen molar-refractivity contribution >= 4 is 23.1 Å². The second-order valence-electron chi connectivity index (χ2n) is 4.92. The van der Waals surface area contributed by atoms with Gasteiger partial charge in [-0.25, -0.2) is 0 Å². The molecule has 0 radical (unpaired) electrons. The first-order chi connectivity index (χ1) is 10.1. The predicted octanol–water partition coefficient (Wildman–Crippen LogP) is 2.38. The summed E-state index contributed by atoms with van der Waals surface area (Å²) in [7, 11) is 1.72. The first-order valence-electron chi connectivity index (χ1n) is 6.68. The van der Waals surface area contributed by atoms with Crippen LogP contribution in [0.4, 0.5) is 0 Å². The minimum absolute atomic E-state index is 0.0947. The van der Waals surface area contributed by atoms with Crippen molar-refractivity contribution in [3.8, 4) is 0 Å². The quantitative estimate of drug-likeness (QED) is 0.832. The molecule has 110 valence electrons. The Morgan fingerprint density at radius 2 is 2.00 bits per heavy atom. The lowest BCUT2D eigenvalue weighted by Crippen LogP contribution is -2.40. The van der Waals surface area contributed by atoms with E-state index < -0.39 is 5.92 Å². The van der Waals surface area contributed by atoms with Gasteiger partial charge >= 0.3 is 0 Å². The molecule has 2 aromatic rings. The first kappa shape index (κ1) is 15.3. The molecule has 1 atom stereocenters. The Kier molecular flexibility index (Phi) is 5.11. The van der Waals surface area contributed by atoms with Crippen molar-refractivity contribution in [2.75, 3.05) is 7.05 Å². The van der Waals surface area contributed by atoms with Crippen LogP contribution in [0.2, 0.25) is 0 Å². The van der Waals surface area contributed by atoms with E-state index >= 15 is 0 Å². The van der Waals surface area contributed by atoms with Gasteiger partial charge in [0.25, 0.3) is 0 Å². The van der Waals surface area contributed by atoms with Gasteiger partial charge < -0.3 is 15.1 Å². The third kappa shape index (κ3) is 4.16. The van der Waals surface area contributed by atoms with Crippen molar-refractivity contribution in [1.82, 2.24) is 4.90 Å². The van der Waals surface area contributed by atoms with Gasteiger partial charge in [-0.1, -0.05) is 42.5 Å². The van der Waals surface area contributed by atoms with E-state index in [1.54, 1.807) is 24.3 Å². The lowest BCUT2D eigenvalue weighted by molar-refractivity contribution is -0.132. The average molecular weight is 302 g/mol. The van der Waals surface area contributed by atoms with Crippen molar-refractivity contribution in [2.24, 2.45) is 11.7 Å². The average Bonchev–Trinajstić information content (AvgIpc) is 2.97. The van der Waals surface area contributed by atoms with Crippen molar-refractivity contribution in [2.45, 2.75) is 13.0 Å². The Labute approximate surface area is 129 Å². The maximum Gasteiger partial charge on any atom is 0.232 e. The normalized spacial score (nSPS) is 11.9. The second-order valence-corrected chi connectivity index (χ2v) is 5.39. The highest BCUT2D eigenvalue weighted by atomic mass is 32.1. The molecule has 0 saturated carbocycles. The summed E-state index contributed by atoms with van der Waals surface area (Å²) in [4.78, 5) is 14.3. The molecule has 1 aromatic carbocycles. The zero-order valence-corrected chi connectivity index (χ0v) is 12.7. The Bertz CT molecular complexity index is 596. The number of hydrogen-bond donors (Lipinski definition) is 1. The summed E-state index contributed by atoms with van der Waals surface area (Å²) in [5, 5.41) is 0. The van der Waals surface area contributed by atoms with E-state index in [1.165, 1.54) is 0 Å². The smallest absolute Gasteiger partial charge is 0.232 e. The van der Waals surface area contributed by atoms with E-state index in [0.29, 0.717) is 13.0 Å². The number of carbonyl (C=O) groups is 1. The highest BCUT2D eigenvalue weighted by Gasteiger charge is 2.25. The van der Waals surface area contributed by atoms with Gasteiger partial charge in [0.05, 0.1) is 23.7 Å². The van der Waals surface area contributed by atoms with Crippen LogP contribution in [0.15, 0.2) is 53.1 Å². The lowest BCUT2D eigenvalue weighted by Gasteiger charge is -2.22. The predicted molar refractivity (Wildman–Crippen MR) is 85.6 cm³/mol. The molecule has 4 nitrogen and oxygen atoms in total. The summed E-state index contributed by atoms with van der Waals surface area (Å²) < 4.78 is 5.25. The lowest BCUT2D eigenvalue weighted by atomic mass is 9.98. The molecule has 5 heteroatoms. The van der Waals surface area contributed by atoms with Gasteiger partial charge in [-0.2, -0.15) is 0 Å². The molecule has 0 saturated heterocycles. The summed E-state index contributed by atoms with van der Waals surface area (Å²) in [5.74, 6) is 0.136. The van der Waals surface area contributed by atoms with Gasteiger partial charge in [0.15, 0.2) is 0 Å². The summed E-state index contributed by atoms with van der Waals surface area (Å²) in [6.07, 6.45) is 2.10. The van der Waals surface area contributed by atoms with Gasteiger partial charge in [-0.15, -0.1) is 0 Å². The van der Waals surface area contributed by atoms with Crippen LogP contribution in [0.25, 0.3) is 0 Å². The van der Waals surface area contributed by atoms with Crippen LogP contribution in [-0.2, 0) is 17.8 Å². The van der Waals surface area contributed by atoms with E-state index in [2.05, 4.69) is 0 Å². The van der Waals surface area contributed by atoms with Gasteiger partial charge in [-0.05, 0) is 24.1 Å². The van der Waals surface area contributed by atoms with Gasteiger partial charge in [0, 0.05) is 7.05 Å². The molecule has 1 amide bonds. The number of amides is 1. The Morgan fingerprint density at radius 1 is 1.29 bits per heavy atom. The number of hydrogen-bond acceptors (Lipinski definition) is 3. The van der Waals surface area contributed by atoms with Gasteiger partial charge in [0.2, 0.25) is 5.91 Å². The molecule has 0 fully saturated rings. The first-order valence-corrected chi connectivity index (χ1v) is 7.09.